The summed E-state index contributed by atoms with van der Waals surface area (Å²) in [5, 5.41) is 0. The van der Waals surface area contributed by atoms with Crippen molar-refractivity contribution in [1.29, 1.82) is 0 Å². The van der Waals surface area contributed by atoms with Gasteiger partial charge in [0.15, 0.2) is 0 Å². The first kappa shape index (κ1) is 38.8. The van der Waals surface area contributed by atoms with Crippen molar-refractivity contribution in [2.75, 3.05) is 53.2 Å². The zero-order chi connectivity index (χ0) is 31.2. The van der Waals surface area contributed by atoms with Gasteiger partial charge in [-0.05, 0) is 76.3 Å². The van der Waals surface area contributed by atoms with Gasteiger partial charge in [-0.1, -0.05) is 6.92 Å². The van der Waals surface area contributed by atoms with Gasteiger partial charge in [-0.2, -0.15) is 0 Å². The fourth-order valence-electron chi connectivity index (χ4n) is 3.53. The molecular weight excluding hydrogens is 513 g/mol. The second kappa shape index (κ2) is 17.7. The molecule has 234 valence electrons. The predicted octanol–water partition coefficient (Wildman–Crippen LogP) is 4.53. The van der Waals surface area contributed by atoms with Gasteiger partial charge in [0.05, 0.1) is 68.8 Å². The van der Waals surface area contributed by atoms with Crippen molar-refractivity contribution in [1.82, 2.24) is 4.90 Å². The summed E-state index contributed by atoms with van der Waals surface area (Å²) >= 11 is 0. The van der Waals surface area contributed by atoms with Gasteiger partial charge in [-0.15, -0.1) is 0 Å². The van der Waals surface area contributed by atoms with Crippen molar-refractivity contribution in [3.05, 3.63) is 0 Å². The van der Waals surface area contributed by atoms with Crippen LogP contribution in [0.1, 0.15) is 95.4 Å². The number of hydrogen-bond acceptors (Lipinski definition) is 9. The van der Waals surface area contributed by atoms with E-state index in [0.717, 1.165) is 0 Å². The second-order valence-electron chi connectivity index (χ2n) is 13.4. The average Bonchev–Trinajstić information content (AvgIpc) is 2.78. The molecule has 2 unspecified atom stereocenters. The first-order valence-corrected chi connectivity index (χ1v) is 14.5. The summed E-state index contributed by atoms with van der Waals surface area (Å²) in [5.41, 5.74) is -1.77. The van der Waals surface area contributed by atoms with E-state index >= 15 is 0 Å². The van der Waals surface area contributed by atoms with Gasteiger partial charge in [-0.25, -0.2) is 0 Å². The molecule has 0 aromatic rings. The highest BCUT2D eigenvalue weighted by atomic mass is 16.6. The molecule has 0 heterocycles. The lowest BCUT2D eigenvalue weighted by Gasteiger charge is -2.28. The summed E-state index contributed by atoms with van der Waals surface area (Å²) in [6.45, 7) is 24.0. The van der Waals surface area contributed by atoms with Gasteiger partial charge in [0, 0.05) is 30.9 Å². The third-order valence-corrected chi connectivity index (χ3v) is 6.26. The smallest absolute Gasteiger partial charge is 0.309 e. The van der Waals surface area contributed by atoms with Crippen LogP contribution in [-0.2, 0) is 38.0 Å². The van der Waals surface area contributed by atoms with Crippen LogP contribution in [0, 0.1) is 5.92 Å². The van der Waals surface area contributed by atoms with Crippen LogP contribution in [0.3, 0.4) is 0 Å². The number of nitrogens with zero attached hydrogens (tertiary/aromatic N) is 1. The van der Waals surface area contributed by atoms with E-state index in [-0.39, 0.29) is 49.1 Å². The van der Waals surface area contributed by atoms with E-state index in [9.17, 15) is 9.59 Å². The van der Waals surface area contributed by atoms with E-state index in [4.69, 9.17) is 36.3 Å². The van der Waals surface area contributed by atoms with E-state index in [1.807, 2.05) is 74.3 Å². The maximum atomic E-state index is 12.5. The van der Waals surface area contributed by atoms with Crippen LogP contribution in [0.2, 0.25) is 0 Å². The number of esters is 2. The first-order valence-electron chi connectivity index (χ1n) is 14.5. The maximum Gasteiger partial charge on any atom is 0.309 e. The molecule has 40 heavy (non-hydrogen) atoms. The van der Waals surface area contributed by atoms with Crippen molar-refractivity contribution >= 4 is 19.8 Å². The third kappa shape index (κ3) is 21.5. The Morgan fingerprint density at radius 3 is 1.62 bits per heavy atom. The van der Waals surface area contributed by atoms with Crippen molar-refractivity contribution in [3.8, 4) is 0 Å². The van der Waals surface area contributed by atoms with Crippen molar-refractivity contribution < 1.29 is 38.0 Å². The van der Waals surface area contributed by atoms with Gasteiger partial charge in [-0.3, -0.25) is 9.59 Å². The normalized spacial score (nSPS) is 14.7. The van der Waals surface area contributed by atoms with Crippen LogP contribution in [0.15, 0.2) is 0 Å². The molecule has 0 N–H and O–H groups in total. The number of hydrogen-bond donors (Lipinski definition) is 0. The van der Waals surface area contributed by atoms with Crippen LogP contribution in [0.5, 0.6) is 0 Å². The molecule has 0 saturated carbocycles. The molecule has 0 amide bonds. The van der Waals surface area contributed by atoms with E-state index in [1.165, 1.54) is 0 Å². The number of carbonyl (C=O) groups is 2. The highest BCUT2D eigenvalue weighted by molar-refractivity contribution is 6.13. The van der Waals surface area contributed by atoms with Gasteiger partial charge < -0.3 is 33.3 Å². The zero-order valence-electron chi connectivity index (χ0n) is 27.5. The summed E-state index contributed by atoms with van der Waals surface area (Å²) in [7, 11) is 7.68. The summed E-state index contributed by atoms with van der Waals surface area (Å²) < 4.78 is 33.8. The van der Waals surface area contributed by atoms with Gasteiger partial charge in [0.2, 0.25) is 0 Å². The van der Waals surface area contributed by atoms with E-state index < -0.39 is 16.7 Å². The van der Waals surface area contributed by atoms with Gasteiger partial charge in [0.1, 0.15) is 7.85 Å². The van der Waals surface area contributed by atoms with E-state index in [0.29, 0.717) is 45.8 Å². The van der Waals surface area contributed by atoms with Gasteiger partial charge in [0.25, 0.3) is 0 Å². The van der Waals surface area contributed by atoms with Crippen LogP contribution in [0.25, 0.3) is 0 Å². The molecule has 0 bridgehead atoms. The minimum Gasteiger partial charge on any atom is -0.466 e. The summed E-state index contributed by atoms with van der Waals surface area (Å²) in [5.74, 6) is -0.885. The molecule has 0 aliphatic heterocycles. The molecule has 0 aliphatic rings. The molecule has 0 aromatic carbocycles. The quantitative estimate of drug-likeness (QED) is 0.112. The van der Waals surface area contributed by atoms with Crippen LogP contribution < -0.4 is 0 Å². The van der Waals surface area contributed by atoms with Gasteiger partial charge >= 0.3 is 11.9 Å². The second-order valence-corrected chi connectivity index (χ2v) is 13.4. The molecular formula is C30H58BNO8. The Bertz CT molecular complexity index is 730. The molecule has 10 heteroatoms. The van der Waals surface area contributed by atoms with E-state index in [2.05, 4.69) is 0 Å². The molecule has 0 fully saturated rings. The van der Waals surface area contributed by atoms with Crippen molar-refractivity contribution in [3.63, 3.8) is 0 Å². The third-order valence-electron chi connectivity index (χ3n) is 6.26. The van der Waals surface area contributed by atoms with Crippen LogP contribution in [-0.4, -0.2) is 106 Å². The Balaban J connectivity index is 4.26. The van der Waals surface area contributed by atoms with Crippen molar-refractivity contribution in [2.45, 2.75) is 124 Å². The molecule has 2 atom stereocenters. The molecule has 0 rings (SSSR count). The molecule has 0 aromatic heterocycles. The lowest BCUT2D eigenvalue weighted by Crippen LogP contribution is -2.38. The Labute approximate surface area is 245 Å². The van der Waals surface area contributed by atoms with Crippen molar-refractivity contribution in [2.24, 2.45) is 5.92 Å². The average molecular weight is 572 g/mol. The maximum absolute atomic E-state index is 12.5. The Hall–Kier alpha value is -1.20. The minimum atomic E-state index is -0.695. The highest BCUT2D eigenvalue weighted by Gasteiger charge is 2.25. The highest BCUT2D eigenvalue weighted by Crippen LogP contribution is 2.17. The first-order chi connectivity index (χ1) is 18.1. The number of rotatable bonds is 21. The number of carbonyl (C=O) groups excluding carboxylic acids is 2. The largest absolute Gasteiger partial charge is 0.466 e. The monoisotopic (exact) mass is 571 g/mol. The SMILES string of the molecule is [B]C(C)(C)OCCOC(C)(C)CCOC(=O)CC(C)N(C)CC(C)C(=O)OCCC(C)(C)OCCOC(C)(C)C. The molecule has 0 saturated heterocycles. The minimum absolute atomic E-state index is 0.0913. The summed E-state index contributed by atoms with van der Waals surface area (Å²) in [6, 6.07) is -0.0913. The Morgan fingerprint density at radius 1 is 0.700 bits per heavy atom. The van der Waals surface area contributed by atoms with Crippen LogP contribution >= 0.6 is 0 Å². The lowest BCUT2D eigenvalue weighted by atomic mass is 9.86. The van der Waals surface area contributed by atoms with E-state index in [1.54, 1.807) is 13.8 Å². The Kier molecular flexibility index (Phi) is 17.2. The van der Waals surface area contributed by atoms with Crippen LogP contribution in [0.4, 0.5) is 0 Å². The standard InChI is InChI=1S/C30H58BNO8/c1-23(26(34)36-16-14-29(8,9)38-18-17-37-27(3,4)5)22-32(12)24(2)21-25(33)35-15-13-28(6,7)39-19-20-40-30(10,11)31/h23-24H,13-22H2,1-12H3. The summed E-state index contributed by atoms with van der Waals surface area (Å²) in [6.07, 6.45) is 1.37. The Morgan fingerprint density at radius 2 is 1.15 bits per heavy atom. The molecule has 0 spiro atoms. The predicted molar refractivity (Wildman–Crippen MR) is 159 cm³/mol. The zero-order valence-corrected chi connectivity index (χ0v) is 27.5. The fourth-order valence-corrected chi connectivity index (χ4v) is 3.53. The topological polar surface area (TPSA) is 92.8 Å². The lowest BCUT2D eigenvalue weighted by molar-refractivity contribution is -0.151. The summed E-state index contributed by atoms with van der Waals surface area (Å²) in [4.78, 5) is 26.9. The molecule has 9 nitrogen and oxygen atoms in total. The number of ether oxygens (including phenoxy) is 6. The molecule has 2 radical (unpaired) electrons. The molecule has 0 aliphatic carbocycles. The fraction of sp³-hybridized carbons (Fsp3) is 0.933.